The second kappa shape index (κ2) is 5.85. The van der Waals surface area contributed by atoms with E-state index in [0.29, 0.717) is 8.59 Å². The fourth-order valence-corrected chi connectivity index (χ4v) is 2.58. The van der Waals surface area contributed by atoms with Gasteiger partial charge in [-0.3, -0.25) is 4.79 Å². The molecule has 0 aromatic heterocycles. The van der Waals surface area contributed by atoms with E-state index in [9.17, 15) is 13.6 Å². The fraction of sp³-hybridized carbons (Fsp3) is 0. The summed E-state index contributed by atoms with van der Waals surface area (Å²) in [6.45, 7) is 0. The largest absolute Gasteiger partial charge is 0.288 e. The van der Waals surface area contributed by atoms with Gasteiger partial charge in [-0.15, -0.1) is 0 Å². The van der Waals surface area contributed by atoms with Gasteiger partial charge in [-0.25, -0.2) is 8.78 Å². The Morgan fingerprint density at radius 1 is 1.11 bits per heavy atom. The molecule has 0 N–H and O–H groups in total. The van der Waals surface area contributed by atoms with E-state index < -0.39 is 17.4 Å². The summed E-state index contributed by atoms with van der Waals surface area (Å²) in [6.07, 6.45) is 0. The van der Waals surface area contributed by atoms with Crippen LogP contribution in [0.5, 0.6) is 0 Å². The molecule has 0 amide bonds. The zero-order valence-electron chi connectivity index (χ0n) is 9.18. The van der Waals surface area contributed by atoms with Crippen LogP contribution in [0.25, 0.3) is 0 Å². The molecule has 6 heteroatoms. The van der Waals surface area contributed by atoms with Crippen LogP contribution in [0.2, 0.25) is 5.02 Å². The Balaban J connectivity index is 2.56. The molecule has 1 nitrogen and oxygen atoms in total. The second-order valence-electron chi connectivity index (χ2n) is 3.70. The number of carbonyl (C=O) groups is 1. The Morgan fingerprint density at radius 2 is 1.79 bits per heavy atom. The highest BCUT2D eigenvalue weighted by atomic mass is 127. The minimum atomic E-state index is -0.783. The van der Waals surface area contributed by atoms with Crippen molar-refractivity contribution in [2.24, 2.45) is 0 Å². The lowest BCUT2D eigenvalue weighted by Crippen LogP contribution is -2.07. The number of benzene rings is 2. The molecule has 0 aliphatic rings. The van der Waals surface area contributed by atoms with Crippen molar-refractivity contribution in [2.45, 2.75) is 0 Å². The van der Waals surface area contributed by atoms with Gasteiger partial charge in [-0.05, 0) is 68.9 Å². The molecule has 2 rings (SSSR count). The molecule has 0 aliphatic heterocycles. The predicted octanol–water partition coefficient (Wildman–Crippen LogP) is 5.22. The Hall–Kier alpha value is -0.530. The van der Waals surface area contributed by atoms with Gasteiger partial charge in [0, 0.05) is 14.2 Å². The quantitative estimate of drug-likeness (QED) is 0.344. The molecule has 0 saturated heterocycles. The molecule has 0 radical (unpaired) electrons. The molecule has 0 unspecified atom stereocenters. The van der Waals surface area contributed by atoms with E-state index in [1.807, 2.05) is 22.6 Å². The number of rotatable bonds is 2. The summed E-state index contributed by atoms with van der Waals surface area (Å²) in [5, 5.41) is 0.363. The van der Waals surface area contributed by atoms with Gasteiger partial charge >= 0.3 is 0 Å². The maximum Gasteiger partial charge on any atom is 0.197 e. The SMILES string of the molecule is O=C(c1cc(F)c(Br)cc1F)c1cc(Cl)ccc1I. The smallest absolute Gasteiger partial charge is 0.197 e. The van der Waals surface area contributed by atoms with Crippen molar-refractivity contribution in [3.05, 3.63) is 66.2 Å². The number of hydrogen-bond donors (Lipinski definition) is 0. The molecule has 2 aromatic carbocycles. The first kappa shape index (κ1) is 14.9. The lowest BCUT2D eigenvalue weighted by Gasteiger charge is -2.07. The van der Waals surface area contributed by atoms with Gasteiger partial charge in [-0.2, -0.15) is 0 Å². The third kappa shape index (κ3) is 3.14. The van der Waals surface area contributed by atoms with Crippen molar-refractivity contribution in [3.63, 3.8) is 0 Å². The number of halogens is 5. The molecule has 0 atom stereocenters. The van der Waals surface area contributed by atoms with E-state index in [2.05, 4.69) is 15.9 Å². The molecule has 0 bridgehead atoms. The molecule has 0 fully saturated rings. The normalized spacial score (nSPS) is 10.6. The predicted molar refractivity (Wildman–Crippen MR) is 81.7 cm³/mol. The average molecular weight is 457 g/mol. The zero-order valence-corrected chi connectivity index (χ0v) is 13.7. The van der Waals surface area contributed by atoms with Crippen LogP contribution >= 0.6 is 50.1 Å². The fourth-order valence-electron chi connectivity index (χ4n) is 1.51. The van der Waals surface area contributed by atoms with Crippen LogP contribution in [-0.4, -0.2) is 5.78 Å². The van der Waals surface area contributed by atoms with Crippen molar-refractivity contribution in [1.82, 2.24) is 0 Å². The molecule has 0 saturated carbocycles. The summed E-state index contributed by atoms with van der Waals surface area (Å²) in [4.78, 5) is 12.2. The lowest BCUT2D eigenvalue weighted by atomic mass is 10.0. The van der Waals surface area contributed by atoms with Gasteiger partial charge < -0.3 is 0 Å². The lowest BCUT2D eigenvalue weighted by molar-refractivity contribution is 0.103. The molecular weight excluding hydrogens is 452 g/mol. The third-order valence-corrected chi connectivity index (χ3v) is 4.21. The van der Waals surface area contributed by atoms with Crippen LogP contribution in [0, 0.1) is 15.2 Å². The molecular formula is C13H5BrClF2IO. The molecule has 2 aromatic rings. The van der Waals surface area contributed by atoms with Crippen molar-refractivity contribution in [2.75, 3.05) is 0 Å². The maximum atomic E-state index is 13.7. The standard InChI is InChI=1S/C13H5BrClF2IO/c14-9-5-10(16)7(4-11(9)17)13(19)8-3-6(15)1-2-12(8)18/h1-5H. The van der Waals surface area contributed by atoms with E-state index >= 15 is 0 Å². The number of ketones is 1. The van der Waals surface area contributed by atoms with Crippen LogP contribution in [0.4, 0.5) is 8.78 Å². The highest BCUT2D eigenvalue weighted by Gasteiger charge is 2.19. The van der Waals surface area contributed by atoms with E-state index in [-0.39, 0.29) is 15.6 Å². The van der Waals surface area contributed by atoms with Crippen LogP contribution in [0.3, 0.4) is 0 Å². The van der Waals surface area contributed by atoms with Crippen LogP contribution in [0.15, 0.2) is 34.8 Å². The molecule has 0 spiro atoms. The first-order valence-electron chi connectivity index (χ1n) is 5.04. The summed E-state index contributed by atoms with van der Waals surface area (Å²) in [5.74, 6) is -2.08. The summed E-state index contributed by atoms with van der Waals surface area (Å²) < 4.78 is 27.8. The van der Waals surface area contributed by atoms with Crippen molar-refractivity contribution >= 4 is 55.9 Å². The average Bonchev–Trinajstić information content (AvgIpc) is 2.36. The van der Waals surface area contributed by atoms with Crippen LogP contribution in [-0.2, 0) is 0 Å². The second-order valence-corrected chi connectivity index (χ2v) is 6.15. The van der Waals surface area contributed by atoms with Gasteiger partial charge in [0.25, 0.3) is 0 Å². The molecule has 0 aliphatic carbocycles. The van der Waals surface area contributed by atoms with Gasteiger partial charge in [0.1, 0.15) is 11.6 Å². The number of hydrogen-bond acceptors (Lipinski definition) is 1. The zero-order chi connectivity index (χ0) is 14.2. The van der Waals surface area contributed by atoms with E-state index in [0.717, 1.165) is 12.1 Å². The first-order valence-corrected chi connectivity index (χ1v) is 7.29. The van der Waals surface area contributed by atoms with Crippen LogP contribution < -0.4 is 0 Å². The van der Waals surface area contributed by atoms with Gasteiger partial charge in [0.05, 0.1) is 10.0 Å². The van der Waals surface area contributed by atoms with E-state index in [1.165, 1.54) is 6.07 Å². The minimum Gasteiger partial charge on any atom is -0.288 e. The summed E-state index contributed by atoms with van der Waals surface area (Å²) in [6, 6.07) is 6.51. The Morgan fingerprint density at radius 3 is 2.47 bits per heavy atom. The third-order valence-electron chi connectivity index (χ3n) is 2.43. The summed E-state index contributed by atoms with van der Waals surface area (Å²) in [5.41, 5.74) is -0.0744. The monoisotopic (exact) mass is 456 g/mol. The van der Waals surface area contributed by atoms with E-state index in [4.69, 9.17) is 11.6 Å². The Labute approximate surface area is 135 Å². The van der Waals surface area contributed by atoms with Crippen molar-refractivity contribution < 1.29 is 13.6 Å². The highest BCUT2D eigenvalue weighted by Crippen LogP contribution is 2.25. The number of carbonyl (C=O) groups excluding carboxylic acids is 1. The maximum absolute atomic E-state index is 13.7. The first-order chi connectivity index (χ1) is 8.90. The topological polar surface area (TPSA) is 17.1 Å². The molecule has 0 heterocycles. The van der Waals surface area contributed by atoms with Gasteiger partial charge in [0.2, 0.25) is 0 Å². The van der Waals surface area contributed by atoms with E-state index in [1.54, 1.807) is 12.1 Å². The van der Waals surface area contributed by atoms with Gasteiger partial charge in [-0.1, -0.05) is 11.6 Å². The molecule has 19 heavy (non-hydrogen) atoms. The Bertz CT molecular complexity index is 676. The van der Waals surface area contributed by atoms with Crippen LogP contribution in [0.1, 0.15) is 15.9 Å². The summed E-state index contributed by atoms with van der Waals surface area (Å²) >= 11 is 10.6. The minimum absolute atomic E-state index is 0.0256. The molecule has 98 valence electrons. The summed E-state index contributed by atoms with van der Waals surface area (Å²) in [7, 11) is 0. The van der Waals surface area contributed by atoms with Gasteiger partial charge in [0.15, 0.2) is 5.78 Å². The van der Waals surface area contributed by atoms with Crippen molar-refractivity contribution in [3.8, 4) is 0 Å². The Kier molecular flexibility index (Phi) is 4.58. The van der Waals surface area contributed by atoms with Crippen molar-refractivity contribution in [1.29, 1.82) is 0 Å². The highest BCUT2D eigenvalue weighted by molar-refractivity contribution is 14.1.